The van der Waals surface area contributed by atoms with Crippen molar-refractivity contribution in [3.8, 4) is 0 Å². The van der Waals surface area contributed by atoms with E-state index in [4.69, 9.17) is 0 Å². The summed E-state index contributed by atoms with van der Waals surface area (Å²) in [7, 11) is 1.96. The minimum absolute atomic E-state index is 0.980. The molecular formula is C8H8P2S2. The van der Waals surface area contributed by atoms with Crippen LogP contribution in [0.15, 0.2) is 35.0 Å². The van der Waals surface area contributed by atoms with Gasteiger partial charge in [-0.25, -0.2) is 0 Å². The zero-order valence-corrected chi connectivity index (χ0v) is 9.91. The summed E-state index contributed by atoms with van der Waals surface area (Å²) in [4.78, 5) is 0. The molecule has 0 aliphatic carbocycles. The van der Waals surface area contributed by atoms with Gasteiger partial charge in [0, 0.05) is 9.24 Å². The molecule has 2 aromatic heterocycles. The predicted octanol–water partition coefficient (Wildman–Crippen LogP) is 3.03. The summed E-state index contributed by atoms with van der Waals surface area (Å²) in [6.07, 6.45) is 0. The van der Waals surface area contributed by atoms with Crippen molar-refractivity contribution in [1.82, 2.24) is 0 Å². The fraction of sp³-hybridized carbons (Fsp3) is 0. The Balaban J connectivity index is 1.91. The monoisotopic (exact) mass is 230 g/mol. The maximum absolute atomic E-state index is 2.23. The Bertz CT molecular complexity index is 278. The molecule has 0 aliphatic rings. The molecule has 0 nitrogen and oxygen atoms in total. The predicted molar refractivity (Wildman–Crippen MR) is 64.5 cm³/mol. The van der Waals surface area contributed by atoms with Crippen LogP contribution in [0.3, 0.4) is 0 Å². The third-order valence-corrected chi connectivity index (χ3v) is 8.07. The second-order valence-corrected chi connectivity index (χ2v) is 7.90. The molecule has 0 bridgehead atoms. The van der Waals surface area contributed by atoms with Gasteiger partial charge >= 0.3 is 0 Å². The van der Waals surface area contributed by atoms with Crippen LogP contribution in [0.1, 0.15) is 0 Å². The van der Waals surface area contributed by atoms with Crippen molar-refractivity contribution >= 4 is 48.4 Å². The van der Waals surface area contributed by atoms with Gasteiger partial charge in [-0.15, -0.1) is 22.7 Å². The van der Waals surface area contributed by atoms with Gasteiger partial charge < -0.3 is 0 Å². The molecule has 12 heavy (non-hydrogen) atoms. The van der Waals surface area contributed by atoms with Crippen LogP contribution in [0.4, 0.5) is 0 Å². The zero-order chi connectivity index (χ0) is 8.23. The van der Waals surface area contributed by atoms with E-state index in [1.54, 1.807) is 0 Å². The molecule has 4 heteroatoms. The average Bonchev–Trinajstić information content (AvgIpc) is 2.74. The van der Waals surface area contributed by atoms with E-state index in [-0.39, 0.29) is 0 Å². The normalized spacial score (nSPS) is 12.3. The second kappa shape index (κ2) is 4.48. The number of thiophene rings is 2. The second-order valence-electron chi connectivity index (χ2n) is 2.20. The first kappa shape index (κ1) is 8.84. The first-order chi connectivity index (χ1) is 5.95. The fourth-order valence-corrected chi connectivity index (χ4v) is 6.45. The lowest BCUT2D eigenvalue weighted by Crippen LogP contribution is -1.82. The van der Waals surface area contributed by atoms with E-state index in [2.05, 4.69) is 35.0 Å². The summed E-state index contributed by atoms with van der Waals surface area (Å²) >= 11 is 3.74. The van der Waals surface area contributed by atoms with Gasteiger partial charge in [-0.3, -0.25) is 0 Å². The van der Waals surface area contributed by atoms with Crippen LogP contribution in [0, 0.1) is 0 Å². The van der Waals surface area contributed by atoms with Crippen LogP contribution in [0.2, 0.25) is 0 Å². The molecule has 62 valence electrons. The molecule has 2 aromatic rings. The molecule has 0 amide bonds. The van der Waals surface area contributed by atoms with Crippen molar-refractivity contribution in [2.75, 3.05) is 0 Å². The van der Waals surface area contributed by atoms with E-state index in [1.165, 1.54) is 9.24 Å². The molecular weight excluding hydrogens is 222 g/mol. The maximum Gasteiger partial charge on any atom is 0.0292 e. The first-order valence-corrected chi connectivity index (χ1v) is 8.30. The van der Waals surface area contributed by atoms with Gasteiger partial charge in [0.05, 0.1) is 0 Å². The number of rotatable bonds is 3. The van der Waals surface area contributed by atoms with Crippen LogP contribution in [-0.2, 0) is 0 Å². The van der Waals surface area contributed by atoms with Crippen LogP contribution in [-0.4, -0.2) is 0 Å². The molecule has 2 heterocycles. The van der Waals surface area contributed by atoms with E-state index < -0.39 is 0 Å². The Morgan fingerprint density at radius 2 is 1.33 bits per heavy atom. The minimum atomic E-state index is 0.980. The highest BCUT2D eigenvalue weighted by molar-refractivity contribution is 8.21. The quantitative estimate of drug-likeness (QED) is 0.711. The van der Waals surface area contributed by atoms with Crippen molar-refractivity contribution in [1.29, 1.82) is 0 Å². The van der Waals surface area contributed by atoms with E-state index in [0.29, 0.717) is 0 Å². The molecule has 0 aliphatic heterocycles. The van der Waals surface area contributed by atoms with Gasteiger partial charge in [0.2, 0.25) is 0 Å². The minimum Gasteiger partial charge on any atom is -0.144 e. The lowest BCUT2D eigenvalue weighted by Gasteiger charge is -1.94. The number of hydrogen-bond acceptors (Lipinski definition) is 2. The van der Waals surface area contributed by atoms with Crippen LogP contribution in [0.5, 0.6) is 0 Å². The molecule has 0 aromatic carbocycles. The lowest BCUT2D eigenvalue weighted by atomic mass is 10.7. The molecule has 0 fully saturated rings. The fourth-order valence-electron chi connectivity index (χ4n) is 0.823. The molecule has 0 spiro atoms. The van der Waals surface area contributed by atoms with E-state index in [9.17, 15) is 0 Å². The highest BCUT2D eigenvalue weighted by Gasteiger charge is 1.95. The maximum atomic E-state index is 2.23. The molecule has 2 unspecified atom stereocenters. The number of hydrogen-bond donors (Lipinski definition) is 0. The summed E-state index contributed by atoms with van der Waals surface area (Å²) in [5.74, 6) is 0. The molecule has 2 rings (SSSR count). The summed E-state index contributed by atoms with van der Waals surface area (Å²) in [6.45, 7) is 0. The van der Waals surface area contributed by atoms with Gasteiger partial charge in [-0.1, -0.05) is 28.7 Å². The van der Waals surface area contributed by atoms with Gasteiger partial charge in [0.25, 0.3) is 0 Å². The van der Waals surface area contributed by atoms with Crippen LogP contribution in [0.25, 0.3) is 0 Å². The summed E-state index contributed by atoms with van der Waals surface area (Å²) in [6, 6.07) is 8.71. The van der Waals surface area contributed by atoms with E-state index in [0.717, 1.165) is 16.5 Å². The summed E-state index contributed by atoms with van der Waals surface area (Å²) < 4.78 is 3.06. The highest BCUT2D eigenvalue weighted by atomic mass is 32.1. The standard InChI is InChI=1S/C8H8P2S2/c1-3-7(11-5-1)9-10-8-4-2-6-12-8/h1-6,9-10H. The topological polar surface area (TPSA) is 0 Å². The molecule has 2 atom stereocenters. The Morgan fingerprint density at radius 1 is 0.833 bits per heavy atom. The SMILES string of the molecule is c1csc(PPc2cccs2)c1. The van der Waals surface area contributed by atoms with Crippen molar-refractivity contribution in [3.05, 3.63) is 35.0 Å². The average molecular weight is 230 g/mol. The third-order valence-electron chi connectivity index (χ3n) is 1.35. The molecule has 0 N–H and O–H groups in total. The van der Waals surface area contributed by atoms with Crippen LogP contribution < -0.4 is 9.24 Å². The van der Waals surface area contributed by atoms with Crippen molar-refractivity contribution in [2.24, 2.45) is 0 Å². The van der Waals surface area contributed by atoms with Crippen LogP contribution >= 0.6 is 39.2 Å². The Kier molecular flexibility index (Phi) is 3.30. The van der Waals surface area contributed by atoms with Crippen molar-refractivity contribution < 1.29 is 0 Å². The Morgan fingerprint density at radius 3 is 1.67 bits per heavy atom. The molecule has 0 saturated heterocycles. The van der Waals surface area contributed by atoms with Gasteiger partial charge in [0.15, 0.2) is 0 Å². The summed E-state index contributed by atoms with van der Waals surface area (Å²) in [5.41, 5.74) is 0. The first-order valence-electron chi connectivity index (χ1n) is 3.54. The van der Waals surface area contributed by atoms with E-state index >= 15 is 0 Å². The van der Waals surface area contributed by atoms with Crippen molar-refractivity contribution in [3.63, 3.8) is 0 Å². The lowest BCUT2D eigenvalue weighted by molar-refractivity contribution is 2.07. The van der Waals surface area contributed by atoms with Gasteiger partial charge in [-0.2, -0.15) is 0 Å². The Hall–Kier alpha value is 0.260. The molecule has 0 saturated carbocycles. The zero-order valence-electron chi connectivity index (χ0n) is 6.28. The van der Waals surface area contributed by atoms with E-state index in [1.807, 2.05) is 22.7 Å². The highest BCUT2D eigenvalue weighted by Crippen LogP contribution is 2.37. The smallest absolute Gasteiger partial charge is 0.0292 e. The third kappa shape index (κ3) is 2.37. The largest absolute Gasteiger partial charge is 0.144 e. The van der Waals surface area contributed by atoms with Gasteiger partial charge in [-0.05, 0) is 22.9 Å². The Labute approximate surface area is 83.5 Å². The van der Waals surface area contributed by atoms with Gasteiger partial charge in [0.1, 0.15) is 0 Å². The molecule has 0 radical (unpaired) electrons. The van der Waals surface area contributed by atoms with Crippen molar-refractivity contribution in [2.45, 2.75) is 0 Å². The summed E-state index contributed by atoms with van der Waals surface area (Å²) in [5, 5.41) is 4.31.